The van der Waals surface area contributed by atoms with Crippen LogP contribution in [-0.2, 0) is 0 Å². The standard InChI is InChI=1S/C18H21N3/c1-12(2)19-18-17(15-7-5-13(3)6-8-15)20-16-11-14(4)9-10-21(16)18/h5-12,19H,1-4H3. The molecule has 108 valence electrons. The fraction of sp³-hybridized carbons (Fsp3) is 0.278. The molecule has 1 N–H and O–H groups in total. The molecule has 2 heterocycles. The topological polar surface area (TPSA) is 29.3 Å². The highest BCUT2D eigenvalue weighted by atomic mass is 15.1. The number of anilines is 1. The minimum Gasteiger partial charge on any atom is -0.367 e. The first-order valence-corrected chi connectivity index (χ1v) is 7.37. The summed E-state index contributed by atoms with van der Waals surface area (Å²) in [4.78, 5) is 4.83. The average Bonchev–Trinajstić information content (AvgIpc) is 2.77. The Balaban J connectivity index is 2.22. The third-order valence-corrected chi connectivity index (χ3v) is 3.53. The van der Waals surface area contributed by atoms with Crippen molar-refractivity contribution < 1.29 is 0 Å². The first-order chi connectivity index (χ1) is 10.0. The largest absolute Gasteiger partial charge is 0.367 e. The smallest absolute Gasteiger partial charge is 0.139 e. The molecule has 0 unspecified atom stereocenters. The fourth-order valence-corrected chi connectivity index (χ4v) is 2.47. The number of fused-ring (bicyclic) bond motifs is 1. The van der Waals surface area contributed by atoms with E-state index in [9.17, 15) is 0 Å². The zero-order valence-corrected chi connectivity index (χ0v) is 13.0. The second-order valence-electron chi connectivity index (χ2n) is 5.91. The minimum absolute atomic E-state index is 0.357. The molecule has 3 nitrogen and oxygen atoms in total. The lowest BCUT2D eigenvalue weighted by Crippen LogP contribution is -2.12. The summed E-state index contributed by atoms with van der Waals surface area (Å²) in [5.74, 6) is 1.06. The predicted molar refractivity (Wildman–Crippen MR) is 88.9 cm³/mol. The van der Waals surface area contributed by atoms with Crippen molar-refractivity contribution in [1.82, 2.24) is 9.38 Å². The molecule has 3 heteroatoms. The van der Waals surface area contributed by atoms with Crippen LogP contribution in [0.3, 0.4) is 0 Å². The molecule has 0 aliphatic heterocycles. The Morgan fingerprint density at radius 1 is 1.00 bits per heavy atom. The highest BCUT2D eigenvalue weighted by molar-refractivity contribution is 5.77. The predicted octanol–water partition coefficient (Wildman–Crippen LogP) is 4.44. The second kappa shape index (κ2) is 5.24. The van der Waals surface area contributed by atoms with E-state index in [0.29, 0.717) is 6.04 Å². The molecule has 0 saturated carbocycles. The van der Waals surface area contributed by atoms with Crippen LogP contribution in [-0.4, -0.2) is 15.4 Å². The zero-order chi connectivity index (χ0) is 15.0. The Morgan fingerprint density at radius 2 is 1.71 bits per heavy atom. The molecule has 2 aromatic heterocycles. The Bertz CT molecular complexity index is 767. The van der Waals surface area contributed by atoms with Gasteiger partial charge in [0.05, 0.1) is 0 Å². The summed E-state index contributed by atoms with van der Waals surface area (Å²) in [5.41, 5.74) is 5.61. The lowest BCUT2D eigenvalue weighted by Gasteiger charge is -2.12. The lowest BCUT2D eigenvalue weighted by atomic mass is 10.1. The molecule has 0 radical (unpaired) electrons. The van der Waals surface area contributed by atoms with Gasteiger partial charge in [0.25, 0.3) is 0 Å². The molecule has 0 spiro atoms. The molecule has 0 amide bonds. The maximum Gasteiger partial charge on any atom is 0.139 e. The number of rotatable bonds is 3. The van der Waals surface area contributed by atoms with Gasteiger partial charge in [0.1, 0.15) is 17.2 Å². The number of pyridine rings is 1. The van der Waals surface area contributed by atoms with Crippen molar-refractivity contribution in [3.63, 3.8) is 0 Å². The molecule has 0 aliphatic carbocycles. The van der Waals surface area contributed by atoms with Crippen molar-refractivity contribution in [2.75, 3.05) is 5.32 Å². The van der Waals surface area contributed by atoms with Gasteiger partial charge in [-0.05, 0) is 45.4 Å². The minimum atomic E-state index is 0.357. The monoisotopic (exact) mass is 279 g/mol. The van der Waals surface area contributed by atoms with Gasteiger partial charge in [-0.15, -0.1) is 0 Å². The Morgan fingerprint density at radius 3 is 2.38 bits per heavy atom. The third-order valence-electron chi connectivity index (χ3n) is 3.53. The van der Waals surface area contributed by atoms with Crippen LogP contribution in [0.25, 0.3) is 16.9 Å². The van der Waals surface area contributed by atoms with Crippen LogP contribution in [0.4, 0.5) is 5.82 Å². The van der Waals surface area contributed by atoms with Crippen molar-refractivity contribution in [1.29, 1.82) is 0 Å². The van der Waals surface area contributed by atoms with Crippen LogP contribution in [0.1, 0.15) is 25.0 Å². The molecule has 3 aromatic rings. The number of imidazole rings is 1. The van der Waals surface area contributed by atoms with E-state index >= 15 is 0 Å². The lowest BCUT2D eigenvalue weighted by molar-refractivity contribution is 0.885. The van der Waals surface area contributed by atoms with Gasteiger partial charge in [0.15, 0.2) is 0 Å². The van der Waals surface area contributed by atoms with Gasteiger partial charge in [-0.25, -0.2) is 4.98 Å². The van der Waals surface area contributed by atoms with Crippen molar-refractivity contribution >= 4 is 11.5 Å². The van der Waals surface area contributed by atoms with Crippen LogP contribution in [0.2, 0.25) is 0 Å². The Hall–Kier alpha value is -2.29. The second-order valence-corrected chi connectivity index (χ2v) is 5.91. The highest BCUT2D eigenvalue weighted by Gasteiger charge is 2.14. The van der Waals surface area contributed by atoms with E-state index in [1.807, 2.05) is 0 Å². The van der Waals surface area contributed by atoms with Gasteiger partial charge >= 0.3 is 0 Å². The van der Waals surface area contributed by atoms with E-state index < -0.39 is 0 Å². The molecule has 21 heavy (non-hydrogen) atoms. The third kappa shape index (κ3) is 2.64. The van der Waals surface area contributed by atoms with Gasteiger partial charge < -0.3 is 5.32 Å². The number of nitrogens with zero attached hydrogens (tertiary/aromatic N) is 2. The van der Waals surface area contributed by atoms with Crippen molar-refractivity contribution in [2.24, 2.45) is 0 Å². The molecular formula is C18H21N3. The summed E-state index contributed by atoms with van der Waals surface area (Å²) in [6.07, 6.45) is 2.08. The van der Waals surface area contributed by atoms with Gasteiger partial charge in [0.2, 0.25) is 0 Å². The van der Waals surface area contributed by atoms with Gasteiger partial charge in [0, 0.05) is 17.8 Å². The fourth-order valence-electron chi connectivity index (χ4n) is 2.47. The van der Waals surface area contributed by atoms with Crippen LogP contribution < -0.4 is 5.32 Å². The summed E-state index contributed by atoms with van der Waals surface area (Å²) in [6, 6.07) is 13.1. The quantitative estimate of drug-likeness (QED) is 0.768. The zero-order valence-electron chi connectivity index (χ0n) is 13.0. The van der Waals surface area contributed by atoms with Crippen LogP contribution in [0, 0.1) is 13.8 Å². The first kappa shape index (κ1) is 13.7. The van der Waals surface area contributed by atoms with Crippen LogP contribution in [0.15, 0.2) is 42.6 Å². The van der Waals surface area contributed by atoms with E-state index in [2.05, 4.69) is 80.0 Å². The van der Waals surface area contributed by atoms with Crippen molar-refractivity contribution in [3.05, 3.63) is 53.7 Å². The first-order valence-electron chi connectivity index (χ1n) is 7.37. The molecule has 1 aromatic carbocycles. The Kier molecular flexibility index (Phi) is 3.42. The molecule has 0 bridgehead atoms. The summed E-state index contributed by atoms with van der Waals surface area (Å²) in [7, 11) is 0. The molecule has 3 rings (SSSR count). The van der Waals surface area contributed by atoms with E-state index in [1.165, 1.54) is 11.1 Å². The Labute approximate surface area is 125 Å². The van der Waals surface area contributed by atoms with Gasteiger partial charge in [-0.1, -0.05) is 29.8 Å². The van der Waals surface area contributed by atoms with Gasteiger partial charge in [-0.3, -0.25) is 4.40 Å². The van der Waals surface area contributed by atoms with Crippen LogP contribution >= 0.6 is 0 Å². The molecule has 0 aliphatic rings. The number of nitrogens with one attached hydrogen (secondary N) is 1. The number of hydrogen-bond acceptors (Lipinski definition) is 2. The SMILES string of the molecule is Cc1ccc(-c2nc3cc(C)ccn3c2NC(C)C)cc1. The van der Waals surface area contributed by atoms with Gasteiger partial charge in [-0.2, -0.15) is 0 Å². The van der Waals surface area contributed by atoms with E-state index in [0.717, 1.165) is 22.7 Å². The average molecular weight is 279 g/mol. The van der Waals surface area contributed by atoms with E-state index in [1.54, 1.807) is 0 Å². The van der Waals surface area contributed by atoms with Crippen molar-refractivity contribution in [3.8, 4) is 11.3 Å². The van der Waals surface area contributed by atoms with Crippen molar-refractivity contribution in [2.45, 2.75) is 33.7 Å². The normalized spacial score (nSPS) is 11.3. The molecule has 0 fully saturated rings. The number of hydrogen-bond donors (Lipinski definition) is 1. The van der Waals surface area contributed by atoms with E-state index in [-0.39, 0.29) is 0 Å². The van der Waals surface area contributed by atoms with E-state index in [4.69, 9.17) is 4.98 Å². The molecular weight excluding hydrogens is 258 g/mol. The number of aryl methyl sites for hydroxylation is 2. The summed E-state index contributed by atoms with van der Waals surface area (Å²) in [5, 5.41) is 3.53. The van der Waals surface area contributed by atoms with Crippen LogP contribution in [0.5, 0.6) is 0 Å². The summed E-state index contributed by atoms with van der Waals surface area (Å²) < 4.78 is 2.13. The summed E-state index contributed by atoms with van der Waals surface area (Å²) >= 11 is 0. The number of benzene rings is 1. The molecule has 0 saturated heterocycles. The highest BCUT2D eigenvalue weighted by Crippen LogP contribution is 2.29. The molecule has 0 atom stereocenters. The summed E-state index contributed by atoms with van der Waals surface area (Å²) in [6.45, 7) is 8.48. The maximum absolute atomic E-state index is 4.83. The number of aromatic nitrogens is 2. The maximum atomic E-state index is 4.83.